The van der Waals surface area contributed by atoms with E-state index >= 15 is 0 Å². The fraction of sp³-hybridized carbons (Fsp3) is 0.652. The maximum absolute atomic E-state index is 13.7. The van der Waals surface area contributed by atoms with Crippen LogP contribution in [0.2, 0.25) is 0 Å². The van der Waals surface area contributed by atoms with E-state index in [1.807, 2.05) is 42.5 Å². The molecule has 352 valence electrons. The molecule has 3 rings (SSSR count). The molecule has 2 aromatic carbocycles. The number of ether oxygens (including phenoxy) is 6. The largest absolute Gasteiger partial charge is 0.460 e. The van der Waals surface area contributed by atoms with Crippen LogP contribution in [0.4, 0.5) is 4.79 Å². The summed E-state index contributed by atoms with van der Waals surface area (Å²) in [5, 5.41) is 22.8. The zero-order chi connectivity index (χ0) is 47.2. The van der Waals surface area contributed by atoms with Crippen LogP contribution in [0.15, 0.2) is 42.5 Å². The van der Waals surface area contributed by atoms with E-state index in [1.165, 1.54) is 0 Å². The van der Waals surface area contributed by atoms with Crippen LogP contribution in [0.5, 0.6) is 0 Å². The molecule has 3 unspecified atom stereocenters. The summed E-state index contributed by atoms with van der Waals surface area (Å²) in [5.74, 6) is -4.10. The number of urea groups is 1. The van der Waals surface area contributed by atoms with Gasteiger partial charge in [-0.2, -0.15) is 0 Å². The third kappa shape index (κ3) is 19.6. The average molecular weight is 887 g/mol. The van der Waals surface area contributed by atoms with E-state index in [2.05, 4.69) is 21.3 Å². The van der Waals surface area contributed by atoms with Crippen LogP contribution in [-0.4, -0.2) is 121 Å². The number of carbonyl (C=O) groups is 6. The second kappa shape index (κ2) is 22.7. The summed E-state index contributed by atoms with van der Waals surface area (Å²) in [7, 11) is 0. The van der Waals surface area contributed by atoms with E-state index < -0.39 is 88.3 Å². The van der Waals surface area contributed by atoms with Crippen molar-refractivity contribution in [1.82, 2.24) is 21.3 Å². The van der Waals surface area contributed by atoms with Gasteiger partial charge in [-0.3, -0.25) is 14.4 Å². The van der Waals surface area contributed by atoms with Gasteiger partial charge in [-0.25, -0.2) is 14.4 Å². The molecule has 2 aromatic rings. The predicted molar refractivity (Wildman–Crippen MR) is 234 cm³/mol. The quantitative estimate of drug-likeness (QED) is 0.0708. The Balaban J connectivity index is 1.66. The Morgan fingerprint density at radius 1 is 0.730 bits per heavy atom. The van der Waals surface area contributed by atoms with Gasteiger partial charge in [0.25, 0.3) is 0 Å². The molecule has 1 saturated heterocycles. The van der Waals surface area contributed by atoms with Crippen LogP contribution < -0.4 is 21.3 Å². The normalized spacial score (nSPS) is 16.4. The average Bonchev–Trinajstić information content (AvgIpc) is 3.15. The molecule has 0 spiro atoms. The van der Waals surface area contributed by atoms with Gasteiger partial charge in [-0.05, 0) is 112 Å². The van der Waals surface area contributed by atoms with Crippen LogP contribution in [0.3, 0.4) is 0 Å². The van der Waals surface area contributed by atoms with Gasteiger partial charge >= 0.3 is 23.9 Å². The molecule has 0 radical (unpaired) electrons. The molecule has 1 aliphatic rings. The first-order chi connectivity index (χ1) is 29.2. The van der Waals surface area contributed by atoms with Crippen molar-refractivity contribution in [2.45, 2.75) is 149 Å². The lowest BCUT2D eigenvalue weighted by Gasteiger charge is -2.42. The first-order valence-electron chi connectivity index (χ1n) is 21.4. The zero-order valence-corrected chi connectivity index (χ0v) is 38.9. The molecular formula is C46H70N4O13. The third-order valence-corrected chi connectivity index (χ3v) is 9.34. The first kappa shape index (κ1) is 52.5. The maximum Gasteiger partial charge on any atom is 0.329 e. The second-order valence-corrected chi connectivity index (χ2v) is 19.5. The molecule has 4 amide bonds. The van der Waals surface area contributed by atoms with Gasteiger partial charge in [0.2, 0.25) is 11.8 Å². The molecule has 0 bridgehead atoms. The predicted octanol–water partition coefficient (Wildman–Crippen LogP) is 4.38. The Kier molecular flexibility index (Phi) is 18.9. The summed E-state index contributed by atoms with van der Waals surface area (Å²) in [4.78, 5) is 79.3. The molecule has 0 aliphatic carbocycles. The van der Waals surface area contributed by atoms with Gasteiger partial charge in [-0.15, -0.1) is 0 Å². The molecule has 5 N–H and O–H groups in total. The van der Waals surface area contributed by atoms with Crippen molar-refractivity contribution < 1.29 is 62.3 Å². The van der Waals surface area contributed by atoms with E-state index in [0.717, 1.165) is 16.3 Å². The summed E-state index contributed by atoms with van der Waals surface area (Å²) in [6.07, 6.45) is 0.471. The van der Waals surface area contributed by atoms with Crippen molar-refractivity contribution >= 4 is 46.5 Å². The number of benzene rings is 2. The van der Waals surface area contributed by atoms with Gasteiger partial charge in [0.15, 0.2) is 5.79 Å². The summed E-state index contributed by atoms with van der Waals surface area (Å²) >= 11 is 0. The molecule has 0 aromatic heterocycles. The topological polar surface area (TPSA) is 226 Å². The molecule has 1 heterocycles. The van der Waals surface area contributed by atoms with E-state index in [0.29, 0.717) is 12.8 Å². The summed E-state index contributed by atoms with van der Waals surface area (Å²) in [6, 6.07) is 9.12. The number of carbonyl (C=O) groups excluding carboxylic acids is 6. The van der Waals surface area contributed by atoms with Gasteiger partial charge in [-0.1, -0.05) is 42.5 Å². The molecule has 17 nitrogen and oxygen atoms in total. The minimum Gasteiger partial charge on any atom is -0.460 e. The third-order valence-electron chi connectivity index (χ3n) is 9.34. The Morgan fingerprint density at radius 3 is 1.89 bits per heavy atom. The van der Waals surface area contributed by atoms with Gasteiger partial charge in [0, 0.05) is 13.0 Å². The minimum absolute atomic E-state index is 0.00819. The fourth-order valence-corrected chi connectivity index (χ4v) is 6.27. The lowest BCUT2D eigenvalue weighted by atomic mass is 9.91. The van der Waals surface area contributed by atoms with E-state index in [-0.39, 0.29) is 52.4 Å². The second-order valence-electron chi connectivity index (χ2n) is 19.5. The van der Waals surface area contributed by atoms with Crippen LogP contribution in [0.1, 0.15) is 107 Å². The lowest BCUT2D eigenvalue weighted by molar-refractivity contribution is -0.296. The van der Waals surface area contributed by atoms with Crippen molar-refractivity contribution in [2.24, 2.45) is 5.41 Å². The highest BCUT2D eigenvalue weighted by molar-refractivity contribution is 5.90. The highest BCUT2D eigenvalue weighted by Crippen LogP contribution is 2.30. The molecule has 17 heteroatoms. The van der Waals surface area contributed by atoms with Crippen molar-refractivity contribution in [3.05, 3.63) is 48.0 Å². The SMILES string of the molecule is CC(C)(C)OC(=O)CC(NC(=O)NC(CCCCNC(=O)C(Cc1ccc2ccccc2c1)NC(=O)COCC1(CO)COC(C)(C)OC1)C(=O)OC(C)(C)C)C(=O)OC(C)(C)C. The Bertz CT molecular complexity index is 1870. The number of amides is 4. The molecule has 1 aliphatic heterocycles. The first-order valence-corrected chi connectivity index (χ1v) is 21.4. The van der Waals surface area contributed by atoms with Gasteiger partial charge in [0.1, 0.15) is 41.5 Å². The van der Waals surface area contributed by atoms with Crippen molar-refractivity contribution in [1.29, 1.82) is 0 Å². The van der Waals surface area contributed by atoms with E-state index in [4.69, 9.17) is 28.4 Å². The number of rotatable bonds is 20. The van der Waals surface area contributed by atoms with Crippen molar-refractivity contribution in [3.63, 3.8) is 0 Å². The van der Waals surface area contributed by atoms with Crippen LogP contribution >= 0.6 is 0 Å². The van der Waals surface area contributed by atoms with Crippen LogP contribution in [0.25, 0.3) is 10.8 Å². The summed E-state index contributed by atoms with van der Waals surface area (Å²) in [5.41, 5.74) is -2.68. The standard InChI is InChI=1S/C46H70N4O13/c1-42(2,3)61-37(53)24-35(40(56)63-44(7,8)9)50-41(57)49-33(39(55)62-43(4,5)6)18-14-15-21-47-38(54)34(23-30-19-20-31-16-12-13-17-32(31)22-30)48-36(52)25-58-27-46(26-51)28-59-45(10,11)60-29-46/h12-13,16-17,19-20,22,33-35,51H,14-15,18,21,23-29H2,1-11H3,(H,47,54)(H,48,52)(H2,49,50,57). The van der Waals surface area contributed by atoms with Crippen molar-refractivity contribution in [3.8, 4) is 0 Å². The zero-order valence-electron chi connectivity index (χ0n) is 38.9. The van der Waals surface area contributed by atoms with Crippen LogP contribution in [0, 0.1) is 5.41 Å². The highest BCUT2D eigenvalue weighted by Gasteiger charge is 2.40. The van der Waals surface area contributed by atoms with E-state index in [9.17, 15) is 33.9 Å². The smallest absolute Gasteiger partial charge is 0.329 e. The van der Waals surface area contributed by atoms with Crippen molar-refractivity contribution in [2.75, 3.05) is 39.6 Å². The summed E-state index contributed by atoms with van der Waals surface area (Å²) < 4.78 is 33.5. The number of hydrogen-bond acceptors (Lipinski definition) is 13. The Labute approximate surface area is 371 Å². The minimum atomic E-state index is -1.42. The molecular weight excluding hydrogens is 817 g/mol. The van der Waals surface area contributed by atoms with Gasteiger partial charge in [0.05, 0.1) is 38.3 Å². The van der Waals surface area contributed by atoms with Crippen LogP contribution in [-0.2, 0) is 58.8 Å². The molecule has 3 atom stereocenters. The number of aliphatic hydroxyl groups excluding tert-OH is 1. The lowest BCUT2D eigenvalue weighted by Crippen LogP contribution is -2.53. The Morgan fingerprint density at radius 2 is 1.30 bits per heavy atom. The van der Waals surface area contributed by atoms with Gasteiger partial charge < -0.3 is 54.8 Å². The Hall–Kier alpha value is -4.84. The van der Waals surface area contributed by atoms with E-state index in [1.54, 1.807) is 76.2 Å². The molecule has 0 saturated carbocycles. The summed E-state index contributed by atoms with van der Waals surface area (Å²) in [6.45, 7) is 18.4. The monoisotopic (exact) mass is 886 g/mol. The molecule has 63 heavy (non-hydrogen) atoms. The molecule has 1 fully saturated rings. The number of hydrogen-bond donors (Lipinski definition) is 5. The fourth-order valence-electron chi connectivity index (χ4n) is 6.27. The number of aliphatic hydroxyl groups is 1. The number of fused-ring (bicyclic) bond motifs is 1. The number of esters is 3. The maximum atomic E-state index is 13.7. The number of nitrogens with one attached hydrogen (secondary N) is 4. The highest BCUT2D eigenvalue weighted by atomic mass is 16.7. The number of unbranched alkanes of at least 4 members (excludes halogenated alkanes) is 1.